The van der Waals surface area contributed by atoms with E-state index in [1.54, 1.807) is 32.3 Å². The second kappa shape index (κ2) is 10.3. The van der Waals surface area contributed by atoms with E-state index in [0.29, 0.717) is 12.6 Å². The molecule has 28 heavy (non-hydrogen) atoms. The van der Waals surface area contributed by atoms with Gasteiger partial charge in [0.2, 0.25) is 0 Å². The van der Waals surface area contributed by atoms with Crippen molar-refractivity contribution >= 4 is 35.6 Å². The number of halogens is 1. The van der Waals surface area contributed by atoms with Gasteiger partial charge in [-0.05, 0) is 6.42 Å². The maximum absolute atomic E-state index is 5.38. The zero-order chi connectivity index (χ0) is 19.2. The summed E-state index contributed by atoms with van der Waals surface area (Å²) < 4.78 is 12.5. The summed E-state index contributed by atoms with van der Waals surface area (Å²) in [5.41, 5.74) is 1.09. The van der Waals surface area contributed by atoms with Crippen LogP contribution in [0, 0.1) is 0 Å². The van der Waals surface area contributed by atoms with Gasteiger partial charge >= 0.3 is 0 Å². The number of hydrogen-bond donors (Lipinski definition) is 2. The molecule has 1 fully saturated rings. The first-order valence-electron chi connectivity index (χ1n) is 8.91. The number of methoxy groups -OCH3 is 2. The molecule has 3 rings (SSSR count). The molecule has 0 amide bonds. The van der Waals surface area contributed by atoms with Gasteiger partial charge in [-0.1, -0.05) is 0 Å². The summed E-state index contributed by atoms with van der Waals surface area (Å²) >= 11 is 0. The van der Waals surface area contributed by atoms with Crippen molar-refractivity contribution in [3.05, 3.63) is 30.4 Å². The minimum atomic E-state index is 0. The second-order valence-electron chi connectivity index (χ2n) is 6.37. The topological polar surface area (TPSA) is 88.8 Å². The third-order valence-corrected chi connectivity index (χ3v) is 4.67. The quantitative estimate of drug-likeness (QED) is 0.352. The molecule has 2 aromatic rings. The molecule has 1 aliphatic rings. The average Bonchev–Trinajstić information content (AvgIpc) is 3.33. The molecular weight excluding hydrogens is 473 g/mol. The summed E-state index contributed by atoms with van der Waals surface area (Å²) in [6.07, 6.45) is 2.56. The van der Waals surface area contributed by atoms with Crippen molar-refractivity contribution in [2.24, 2.45) is 12.0 Å². The summed E-state index contributed by atoms with van der Waals surface area (Å²) in [4.78, 5) is 10.8. The number of nitrogens with zero attached hydrogens (tertiary/aromatic N) is 5. The molecule has 1 unspecified atom stereocenters. The molecule has 0 saturated carbocycles. The van der Waals surface area contributed by atoms with E-state index in [0.717, 1.165) is 48.5 Å². The van der Waals surface area contributed by atoms with Crippen LogP contribution >= 0.6 is 24.0 Å². The fourth-order valence-corrected chi connectivity index (χ4v) is 3.12. The van der Waals surface area contributed by atoms with Crippen LogP contribution in [0.4, 0.5) is 5.69 Å². The van der Waals surface area contributed by atoms with Crippen molar-refractivity contribution in [3.8, 4) is 11.5 Å². The highest BCUT2D eigenvalue weighted by Crippen LogP contribution is 2.30. The highest BCUT2D eigenvalue weighted by Gasteiger charge is 2.24. The van der Waals surface area contributed by atoms with E-state index < -0.39 is 0 Å². The SMILES string of the molecule is CN=C(NCc1ncnn1C)NC1CCN(c2cc(OC)cc(OC)c2)C1.I. The Balaban J connectivity index is 0.00000280. The number of nitrogens with one attached hydrogen (secondary N) is 2. The van der Waals surface area contributed by atoms with Crippen LogP contribution in [0.3, 0.4) is 0 Å². The van der Waals surface area contributed by atoms with Crippen LogP contribution < -0.4 is 25.0 Å². The molecule has 1 aromatic carbocycles. The van der Waals surface area contributed by atoms with Crippen molar-refractivity contribution in [2.45, 2.75) is 19.0 Å². The molecule has 1 aliphatic heterocycles. The average molecular weight is 501 g/mol. The van der Waals surface area contributed by atoms with Crippen molar-refractivity contribution < 1.29 is 9.47 Å². The molecular formula is C18H28IN7O2. The number of guanidine groups is 1. The summed E-state index contributed by atoms with van der Waals surface area (Å²) in [5.74, 6) is 3.20. The van der Waals surface area contributed by atoms with Gasteiger partial charge in [-0.25, -0.2) is 4.98 Å². The third-order valence-electron chi connectivity index (χ3n) is 4.67. The zero-order valence-electron chi connectivity index (χ0n) is 16.7. The Labute approximate surface area is 182 Å². The van der Waals surface area contributed by atoms with Crippen molar-refractivity contribution in [2.75, 3.05) is 39.3 Å². The summed E-state index contributed by atoms with van der Waals surface area (Å²) in [6, 6.07) is 6.25. The van der Waals surface area contributed by atoms with Crippen LogP contribution in [-0.2, 0) is 13.6 Å². The van der Waals surface area contributed by atoms with Gasteiger partial charge in [0.25, 0.3) is 0 Å². The molecule has 10 heteroatoms. The lowest BCUT2D eigenvalue weighted by atomic mass is 10.2. The number of benzene rings is 1. The first-order chi connectivity index (χ1) is 13.1. The van der Waals surface area contributed by atoms with Gasteiger partial charge in [0.15, 0.2) is 5.96 Å². The zero-order valence-corrected chi connectivity index (χ0v) is 19.0. The van der Waals surface area contributed by atoms with Gasteiger partial charge in [-0.3, -0.25) is 9.67 Å². The monoisotopic (exact) mass is 501 g/mol. The number of anilines is 1. The number of aryl methyl sites for hydroxylation is 1. The molecule has 0 radical (unpaired) electrons. The molecule has 1 aromatic heterocycles. The van der Waals surface area contributed by atoms with Gasteiger partial charge in [0.05, 0.1) is 20.8 Å². The number of aliphatic imine (C=N–C) groups is 1. The van der Waals surface area contributed by atoms with Crippen LogP contribution in [0.5, 0.6) is 11.5 Å². The Morgan fingerprint density at radius 1 is 1.25 bits per heavy atom. The van der Waals surface area contributed by atoms with Gasteiger partial charge in [-0.15, -0.1) is 24.0 Å². The summed E-state index contributed by atoms with van der Waals surface area (Å²) in [5, 5.41) is 10.8. The van der Waals surface area contributed by atoms with E-state index in [-0.39, 0.29) is 24.0 Å². The highest BCUT2D eigenvalue weighted by molar-refractivity contribution is 14.0. The molecule has 2 heterocycles. The number of rotatable bonds is 6. The maximum Gasteiger partial charge on any atom is 0.191 e. The summed E-state index contributed by atoms with van der Waals surface area (Å²) in [6.45, 7) is 2.40. The molecule has 0 spiro atoms. The molecule has 154 valence electrons. The van der Waals surface area contributed by atoms with Gasteiger partial charge in [0.1, 0.15) is 23.7 Å². The maximum atomic E-state index is 5.38. The lowest BCUT2D eigenvalue weighted by Crippen LogP contribution is -2.44. The van der Waals surface area contributed by atoms with Crippen LogP contribution in [0.25, 0.3) is 0 Å². The Hall–Kier alpha value is -2.24. The smallest absolute Gasteiger partial charge is 0.191 e. The fourth-order valence-electron chi connectivity index (χ4n) is 3.12. The first-order valence-corrected chi connectivity index (χ1v) is 8.91. The minimum absolute atomic E-state index is 0. The lowest BCUT2D eigenvalue weighted by molar-refractivity contribution is 0.394. The van der Waals surface area contributed by atoms with E-state index in [9.17, 15) is 0 Å². The Bertz CT molecular complexity index is 774. The van der Waals surface area contributed by atoms with Crippen molar-refractivity contribution in [1.82, 2.24) is 25.4 Å². The lowest BCUT2D eigenvalue weighted by Gasteiger charge is -2.21. The van der Waals surface area contributed by atoms with Crippen LogP contribution in [0.1, 0.15) is 12.2 Å². The molecule has 0 aliphatic carbocycles. The number of aromatic nitrogens is 3. The van der Waals surface area contributed by atoms with E-state index in [1.165, 1.54) is 0 Å². The van der Waals surface area contributed by atoms with E-state index in [4.69, 9.17) is 9.47 Å². The van der Waals surface area contributed by atoms with E-state index in [1.807, 2.05) is 25.2 Å². The summed E-state index contributed by atoms with van der Waals surface area (Å²) in [7, 11) is 6.97. The van der Waals surface area contributed by atoms with Crippen LogP contribution in [0.2, 0.25) is 0 Å². The third kappa shape index (κ3) is 5.40. The Morgan fingerprint density at radius 2 is 1.96 bits per heavy atom. The standard InChI is InChI=1S/C18H27N7O2.HI/c1-19-18(20-10-17-21-12-22-24(17)2)23-13-5-6-25(11-13)14-7-15(26-3)9-16(8-14)27-4;/h7-9,12-13H,5-6,10-11H2,1-4H3,(H2,19,20,23);1H. The van der Waals surface area contributed by atoms with Gasteiger partial charge < -0.3 is 25.0 Å². The second-order valence-corrected chi connectivity index (χ2v) is 6.37. The van der Waals surface area contributed by atoms with Crippen molar-refractivity contribution in [1.29, 1.82) is 0 Å². The fraction of sp³-hybridized carbons (Fsp3) is 0.500. The molecule has 1 saturated heterocycles. The Kier molecular flexibility index (Phi) is 8.15. The van der Waals surface area contributed by atoms with Crippen LogP contribution in [0.15, 0.2) is 29.5 Å². The van der Waals surface area contributed by atoms with Gasteiger partial charge in [-0.2, -0.15) is 5.10 Å². The highest BCUT2D eigenvalue weighted by atomic mass is 127. The van der Waals surface area contributed by atoms with Crippen LogP contribution in [-0.4, -0.2) is 61.1 Å². The number of ether oxygens (including phenoxy) is 2. The molecule has 9 nitrogen and oxygen atoms in total. The normalized spacial score (nSPS) is 16.5. The van der Waals surface area contributed by atoms with E-state index >= 15 is 0 Å². The predicted molar refractivity (Wildman–Crippen MR) is 120 cm³/mol. The molecule has 0 bridgehead atoms. The predicted octanol–water partition coefficient (Wildman–Crippen LogP) is 1.39. The Morgan fingerprint density at radius 3 is 2.54 bits per heavy atom. The van der Waals surface area contributed by atoms with Crippen molar-refractivity contribution in [3.63, 3.8) is 0 Å². The molecule has 2 N–H and O–H groups in total. The largest absolute Gasteiger partial charge is 0.497 e. The minimum Gasteiger partial charge on any atom is -0.497 e. The van der Waals surface area contributed by atoms with Gasteiger partial charge in [0, 0.05) is 57.1 Å². The number of hydrogen-bond acceptors (Lipinski definition) is 6. The van der Waals surface area contributed by atoms with E-state index in [2.05, 4.69) is 30.6 Å². The first kappa shape index (κ1) is 22.1. The molecule has 1 atom stereocenters.